The maximum Gasteiger partial charge on any atom is 0.471 e. The standard InChI is InChI=1S/C13H13F3N2O2/c14-13(15,16)12(20)18-4-6-1-7(5-18)9-3-11(19)10(17)2-8(6)9/h2-3,6-7,19H,1,4-5,17H2. The van der Waals surface area contributed by atoms with Gasteiger partial charge < -0.3 is 15.7 Å². The summed E-state index contributed by atoms with van der Waals surface area (Å²) in [7, 11) is 0. The molecule has 0 spiro atoms. The molecule has 1 amide bonds. The summed E-state index contributed by atoms with van der Waals surface area (Å²) >= 11 is 0. The number of phenols is 1. The highest BCUT2D eigenvalue weighted by atomic mass is 19.4. The molecule has 1 aliphatic carbocycles. The highest BCUT2D eigenvalue weighted by Gasteiger charge is 2.47. The van der Waals surface area contributed by atoms with E-state index in [1.54, 1.807) is 6.07 Å². The first kappa shape index (κ1) is 13.1. The van der Waals surface area contributed by atoms with Crippen molar-refractivity contribution < 1.29 is 23.1 Å². The number of fused-ring (bicyclic) bond motifs is 5. The number of piperidine rings is 1. The number of nitrogen functional groups attached to an aromatic ring is 1. The van der Waals surface area contributed by atoms with Gasteiger partial charge in [0.2, 0.25) is 0 Å². The Morgan fingerprint density at radius 2 is 1.80 bits per heavy atom. The molecule has 3 rings (SSSR count). The molecule has 0 aromatic heterocycles. The summed E-state index contributed by atoms with van der Waals surface area (Å²) in [5, 5.41) is 9.62. The Balaban J connectivity index is 1.92. The zero-order valence-corrected chi connectivity index (χ0v) is 10.4. The number of hydrogen-bond acceptors (Lipinski definition) is 3. The van der Waals surface area contributed by atoms with Gasteiger partial charge in [0.1, 0.15) is 5.75 Å². The van der Waals surface area contributed by atoms with Crippen LogP contribution in [0.25, 0.3) is 0 Å². The second-order valence-electron chi connectivity index (χ2n) is 5.38. The maximum absolute atomic E-state index is 12.5. The molecule has 3 N–H and O–H groups in total. The predicted molar refractivity (Wildman–Crippen MR) is 65.3 cm³/mol. The van der Waals surface area contributed by atoms with E-state index in [9.17, 15) is 23.1 Å². The van der Waals surface area contributed by atoms with Crippen LogP contribution in [0.4, 0.5) is 18.9 Å². The van der Waals surface area contributed by atoms with Gasteiger partial charge in [-0.15, -0.1) is 0 Å². The van der Waals surface area contributed by atoms with Gasteiger partial charge in [-0.05, 0) is 29.7 Å². The lowest BCUT2D eigenvalue weighted by Crippen LogP contribution is -2.46. The van der Waals surface area contributed by atoms with Crippen molar-refractivity contribution in [3.63, 3.8) is 0 Å². The van der Waals surface area contributed by atoms with Crippen LogP contribution in [-0.4, -0.2) is 35.2 Å². The minimum atomic E-state index is -4.84. The first-order chi connectivity index (χ1) is 9.27. The van der Waals surface area contributed by atoms with E-state index in [2.05, 4.69) is 0 Å². The van der Waals surface area contributed by atoms with Gasteiger partial charge in [0.25, 0.3) is 0 Å². The van der Waals surface area contributed by atoms with E-state index in [1.807, 2.05) is 0 Å². The molecule has 1 saturated heterocycles. The number of anilines is 1. The van der Waals surface area contributed by atoms with Crippen LogP contribution in [0.1, 0.15) is 29.4 Å². The number of carbonyl (C=O) groups excluding carboxylic acids is 1. The highest BCUT2D eigenvalue weighted by Crippen LogP contribution is 2.48. The van der Waals surface area contributed by atoms with Crippen molar-refractivity contribution in [2.24, 2.45) is 0 Å². The summed E-state index contributed by atoms with van der Waals surface area (Å²) in [4.78, 5) is 12.2. The molecule has 0 saturated carbocycles. The number of nitrogens with zero attached hydrogens (tertiary/aromatic N) is 1. The third-order valence-electron chi connectivity index (χ3n) is 4.09. The van der Waals surface area contributed by atoms with Crippen molar-refractivity contribution >= 4 is 11.6 Å². The van der Waals surface area contributed by atoms with Gasteiger partial charge in [0.15, 0.2) is 0 Å². The largest absolute Gasteiger partial charge is 0.506 e. The second kappa shape index (κ2) is 4.04. The first-order valence-corrected chi connectivity index (χ1v) is 6.25. The summed E-state index contributed by atoms with van der Waals surface area (Å²) in [6.45, 7) is 0.0806. The van der Waals surface area contributed by atoms with E-state index < -0.39 is 12.1 Å². The molecule has 1 fully saturated rings. The fourth-order valence-corrected chi connectivity index (χ4v) is 3.24. The Bertz CT molecular complexity index is 549. The maximum atomic E-state index is 12.5. The number of alkyl halides is 3. The number of amides is 1. The van der Waals surface area contributed by atoms with Crippen LogP contribution >= 0.6 is 0 Å². The summed E-state index contributed by atoms with van der Waals surface area (Å²) < 4.78 is 37.5. The third kappa shape index (κ3) is 1.88. The van der Waals surface area contributed by atoms with Gasteiger partial charge in [-0.3, -0.25) is 4.79 Å². The van der Waals surface area contributed by atoms with Gasteiger partial charge >= 0.3 is 12.1 Å². The number of benzene rings is 1. The van der Waals surface area contributed by atoms with Gasteiger partial charge in [-0.2, -0.15) is 13.2 Å². The van der Waals surface area contributed by atoms with Crippen LogP contribution in [0.2, 0.25) is 0 Å². The fourth-order valence-electron chi connectivity index (χ4n) is 3.24. The van der Waals surface area contributed by atoms with Crippen molar-refractivity contribution in [3.8, 4) is 5.75 Å². The molecule has 0 radical (unpaired) electrons. The van der Waals surface area contributed by atoms with Crippen LogP contribution in [0.5, 0.6) is 5.75 Å². The monoisotopic (exact) mass is 286 g/mol. The van der Waals surface area contributed by atoms with Crippen LogP contribution in [0.15, 0.2) is 12.1 Å². The summed E-state index contributed by atoms with van der Waals surface area (Å²) in [6.07, 6.45) is -4.15. The topological polar surface area (TPSA) is 66.6 Å². The summed E-state index contributed by atoms with van der Waals surface area (Å²) in [5.74, 6) is -2.17. The van der Waals surface area contributed by atoms with E-state index >= 15 is 0 Å². The minimum absolute atomic E-state index is 0.0329. The van der Waals surface area contributed by atoms with Crippen LogP contribution < -0.4 is 5.73 Å². The Morgan fingerprint density at radius 1 is 1.25 bits per heavy atom. The van der Waals surface area contributed by atoms with Crippen LogP contribution in [-0.2, 0) is 4.79 Å². The highest BCUT2D eigenvalue weighted by molar-refractivity contribution is 5.82. The average molecular weight is 286 g/mol. The molecule has 2 atom stereocenters. The molecule has 4 nitrogen and oxygen atoms in total. The number of nitrogens with two attached hydrogens (primary N) is 1. The Labute approximate surface area is 113 Å². The van der Waals surface area contributed by atoms with E-state index in [4.69, 9.17) is 5.73 Å². The number of halogens is 3. The summed E-state index contributed by atoms with van der Waals surface area (Å²) in [5.41, 5.74) is 7.50. The van der Waals surface area contributed by atoms with Crippen molar-refractivity contribution in [3.05, 3.63) is 23.3 Å². The smallest absolute Gasteiger partial charge is 0.471 e. The van der Waals surface area contributed by atoms with Crippen molar-refractivity contribution in [2.75, 3.05) is 18.8 Å². The van der Waals surface area contributed by atoms with Crippen molar-refractivity contribution in [1.82, 2.24) is 4.90 Å². The Hall–Kier alpha value is -1.92. The molecule has 20 heavy (non-hydrogen) atoms. The number of carbonyl (C=O) groups is 1. The van der Waals surface area contributed by atoms with Crippen LogP contribution in [0.3, 0.4) is 0 Å². The molecule has 2 aliphatic rings. The molecular formula is C13H13F3N2O2. The Morgan fingerprint density at radius 3 is 2.35 bits per heavy atom. The van der Waals surface area contributed by atoms with Gasteiger partial charge in [0, 0.05) is 24.9 Å². The lowest BCUT2D eigenvalue weighted by Gasteiger charge is -2.32. The zero-order chi connectivity index (χ0) is 14.7. The normalized spacial score (nSPS) is 24.6. The van der Waals surface area contributed by atoms with Gasteiger partial charge in [-0.1, -0.05) is 0 Å². The minimum Gasteiger partial charge on any atom is -0.506 e. The number of aromatic hydroxyl groups is 1. The molecule has 7 heteroatoms. The third-order valence-corrected chi connectivity index (χ3v) is 4.09. The molecule has 108 valence electrons. The molecule has 1 aromatic carbocycles. The SMILES string of the molecule is Nc1cc2c(cc1O)C1CC2CN(C(=O)C(F)(F)F)C1. The molecule has 1 aliphatic heterocycles. The number of hydrogen-bond donors (Lipinski definition) is 2. The average Bonchev–Trinajstić information content (AvgIpc) is 2.60. The fraction of sp³-hybridized carbons (Fsp3) is 0.462. The van der Waals surface area contributed by atoms with E-state index in [0.717, 1.165) is 16.0 Å². The van der Waals surface area contributed by atoms with Crippen molar-refractivity contribution in [1.29, 1.82) is 0 Å². The van der Waals surface area contributed by atoms with E-state index in [1.165, 1.54) is 6.07 Å². The molecule has 1 heterocycles. The zero-order valence-electron chi connectivity index (χ0n) is 10.4. The molecule has 2 bridgehead atoms. The lowest BCUT2D eigenvalue weighted by molar-refractivity contribution is -0.186. The molecule has 1 aromatic rings. The van der Waals surface area contributed by atoms with Gasteiger partial charge in [-0.25, -0.2) is 0 Å². The lowest BCUT2D eigenvalue weighted by atomic mass is 9.95. The summed E-state index contributed by atoms with van der Waals surface area (Å²) in [6, 6.07) is 3.12. The van der Waals surface area contributed by atoms with E-state index in [-0.39, 0.29) is 36.4 Å². The molecule has 2 unspecified atom stereocenters. The van der Waals surface area contributed by atoms with Crippen molar-refractivity contribution in [2.45, 2.75) is 24.4 Å². The van der Waals surface area contributed by atoms with E-state index in [0.29, 0.717) is 6.42 Å². The second-order valence-corrected chi connectivity index (χ2v) is 5.38. The predicted octanol–water partition coefficient (Wildman–Crippen LogP) is 1.95. The van der Waals surface area contributed by atoms with Gasteiger partial charge in [0.05, 0.1) is 5.69 Å². The Kier molecular flexibility index (Phi) is 2.64. The van der Waals surface area contributed by atoms with Crippen LogP contribution in [0, 0.1) is 0 Å². The number of rotatable bonds is 0. The quantitative estimate of drug-likeness (QED) is 0.566. The molecular weight excluding hydrogens is 273 g/mol. The first-order valence-electron chi connectivity index (χ1n) is 6.25. The number of phenolic OH excluding ortho intramolecular Hbond substituents is 1. The number of likely N-dealkylation sites (tertiary alicyclic amines) is 1.